The molecule has 1 saturated heterocycles. The van der Waals surface area contributed by atoms with Gasteiger partial charge in [-0.05, 0) is 54.9 Å². The maximum atomic E-state index is 12.7. The van der Waals surface area contributed by atoms with Crippen LogP contribution in [0.5, 0.6) is 0 Å². The van der Waals surface area contributed by atoms with Crippen molar-refractivity contribution in [1.29, 1.82) is 0 Å². The molecule has 1 aliphatic rings. The number of esters is 1. The van der Waals surface area contributed by atoms with Gasteiger partial charge in [-0.1, -0.05) is 0 Å². The van der Waals surface area contributed by atoms with Gasteiger partial charge >= 0.3 is 18.2 Å². The first kappa shape index (κ1) is 25.1. The summed E-state index contributed by atoms with van der Waals surface area (Å²) in [5.74, 6) is -0.998. The number of nitrogens with zero attached hydrogens (tertiary/aromatic N) is 1. The molecule has 10 nitrogen and oxygen atoms in total. The van der Waals surface area contributed by atoms with Crippen LogP contribution in [0.3, 0.4) is 0 Å². The molecule has 0 aromatic carbocycles. The van der Waals surface area contributed by atoms with Gasteiger partial charge in [-0.15, -0.1) is 0 Å². The minimum absolute atomic E-state index is 0.00873. The standard InChI is InChI=1S/C19H33NO9/c1-11-14(22)13(21)8-9-26-10-12(15(23)27-11)20(16(24)28-18(2,3)4)17(25)29-19(5,6)7/h11-14,21-22H,8-10H2,1-7H3/t11-,12-,13-,14-/m0/s1. The van der Waals surface area contributed by atoms with E-state index in [0.29, 0.717) is 4.90 Å². The van der Waals surface area contributed by atoms with Gasteiger partial charge in [-0.25, -0.2) is 14.4 Å². The van der Waals surface area contributed by atoms with Crippen LogP contribution in [0, 0.1) is 0 Å². The number of hydrogen-bond donors (Lipinski definition) is 2. The fourth-order valence-electron chi connectivity index (χ4n) is 2.41. The number of imide groups is 1. The van der Waals surface area contributed by atoms with Crippen molar-refractivity contribution in [3.63, 3.8) is 0 Å². The first-order valence-electron chi connectivity index (χ1n) is 9.52. The summed E-state index contributed by atoms with van der Waals surface area (Å²) in [6, 6.07) is -1.50. The Morgan fingerprint density at radius 1 is 1.03 bits per heavy atom. The highest BCUT2D eigenvalue weighted by atomic mass is 16.6. The molecule has 0 spiro atoms. The minimum atomic E-state index is -1.50. The van der Waals surface area contributed by atoms with E-state index in [1.807, 2.05) is 0 Å². The number of amides is 2. The fraction of sp³-hybridized carbons (Fsp3) is 0.842. The fourth-order valence-corrected chi connectivity index (χ4v) is 2.41. The van der Waals surface area contributed by atoms with Gasteiger partial charge in [0, 0.05) is 6.61 Å². The van der Waals surface area contributed by atoms with E-state index >= 15 is 0 Å². The van der Waals surface area contributed by atoms with E-state index in [9.17, 15) is 24.6 Å². The van der Waals surface area contributed by atoms with Gasteiger partial charge in [0.1, 0.15) is 23.4 Å². The Morgan fingerprint density at radius 2 is 1.52 bits per heavy atom. The molecule has 168 valence electrons. The lowest BCUT2D eigenvalue weighted by Gasteiger charge is -2.34. The van der Waals surface area contributed by atoms with E-state index in [-0.39, 0.29) is 19.6 Å². The van der Waals surface area contributed by atoms with Crippen LogP contribution in [0.1, 0.15) is 54.9 Å². The van der Waals surface area contributed by atoms with Crippen molar-refractivity contribution in [3.8, 4) is 0 Å². The predicted octanol–water partition coefficient (Wildman–Crippen LogP) is 1.60. The SMILES string of the molecule is C[C@@H]1OC(=O)[C@@H](N(C(=O)OC(C)(C)C)C(=O)OC(C)(C)C)COCC[C@H](O)[C@H]1O. The van der Waals surface area contributed by atoms with Crippen molar-refractivity contribution in [2.24, 2.45) is 0 Å². The molecule has 4 atom stereocenters. The van der Waals surface area contributed by atoms with Gasteiger partial charge in [0.15, 0.2) is 6.04 Å². The maximum absolute atomic E-state index is 12.7. The molecule has 1 aliphatic heterocycles. The van der Waals surface area contributed by atoms with Gasteiger partial charge in [-0.3, -0.25) is 0 Å². The Morgan fingerprint density at radius 3 is 1.97 bits per heavy atom. The smallest absolute Gasteiger partial charge is 0.420 e. The number of aliphatic hydroxyl groups is 2. The molecule has 0 bridgehead atoms. The quantitative estimate of drug-likeness (QED) is 0.480. The molecule has 0 unspecified atom stereocenters. The van der Waals surface area contributed by atoms with Crippen LogP contribution in [0.4, 0.5) is 9.59 Å². The van der Waals surface area contributed by atoms with Crippen LogP contribution < -0.4 is 0 Å². The van der Waals surface area contributed by atoms with Crippen LogP contribution in [0.25, 0.3) is 0 Å². The van der Waals surface area contributed by atoms with Gasteiger partial charge in [-0.2, -0.15) is 4.90 Å². The van der Waals surface area contributed by atoms with E-state index in [1.54, 1.807) is 41.5 Å². The largest absolute Gasteiger partial charge is 0.458 e. The van der Waals surface area contributed by atoms with E-state index in [2.05, 4.69) is 0 Å². The molecule has 1 rings (SSSR count). The Balaban J connectivity index is 3.22. The lowest BCUT2D eigenvalue weighted by Crippen LogP contribution is -2.55. The van der Waals surface area contributed by atoms with E-state index in [4.69, 9.17) is 18.9 Å². The highest BCUT2D eigenvalue weighted by molar-refractivity contribution is 5.94. The molecule has 0 aromatic heterocycles. The summed E-state index contributed by atoms with van der Waals surface area (Å²) in [5, 5.41) is 19.9. The molecule has 1 heterocycles. The molecule has 10 heteroatoms. The van der Waals surface area contributed by atoms with E-state index in [0.717, 1.165) is 0 Å². The van der Waals surface area contributed by atoms with E-state index in [1.165, 1.54) is 6.92 Å². The Bertz CT molecular complexity index is 565. The third-order valence-corrected chi connectivity index (χ3v) is 3.78. The molecule has 0 saturated carbocycles. The van der Waals surface area contributed by atoms with E-state index < -0.39 is 53.7 Å². The third kappa shape index (κ3) is 8.15. The number of aliphatic hydroxyl groups excluding tert-OH is 2. The number of carbonyl (C=O) groups excluding carboxylic acids is 3. The number of cyclic esters (lactones) is 1. The first-order chi connectivity index (χ1) is 13.1. The molecule has 29 heavy (non-hydrogen) atoms. The Labute approximate surface area is 171 Å². The summed E-state index contributed by atoms with van der Waals surface area (Å²) in [6.45, 7) is 10.7. The van der Waals surface area contributed by atoms with Crippen LogP contribution in [-0.2, 0) is 23.7 Å². The molecule has 0 radical (unpaired) electrons. The molecule has 0 aliphatic carbocycles. The molecular formula is C19H33NO9. The van der Waals surface area contributed by atoms with Gasteiger partial charge < -0.3 is 29.2 Å². The molecule has 2 N–H and O–H groups in total. The van der Waals surface area contributed by atoms with Gasteiger partial charge in [0.25, 0.3) is 0 Å². The maximum Gasteiger partial charge on any atom is 0.420 e. The second kappa shape index (κ2) is 9.73. The van der Waals surface area contributed by atoms with Gasteiger partial charge in [0.05, 0.1) is 12.7 Å². The number of rotatable bonds is 1. The summed E-state index contributed by atoms with van der Waals surface area (Å²) in [5.41, 5.74) is -1.88. The monoisotopic (exact) mass is 419 g/mol. The zero-order chi connectivity index (χ0) is 22.6. The average molecular weight is 419 g/mol. The summed E-state index contributed by atoms with van der Waals surface area (Å²) >= 11 is 0. The van der Waals surface area contributed by atoms with Crippen molar-refractivity contribution < 1.29 is 43.5 Å². The Kier molecular flexibility index (Phi) is 8.43. The van der Waals surface area contributed by atoms with Crippen molar-refractivity contribution in [2.75, 3.05) is 13.2 Å². The van der Waals surface area contributed by atoms with Crippen molar-refractivity contribution in [1.82, 2.24) is 4.90 Å². The normalized spacial score (nSPS) is 26.9. The summed E-state index contributed by atoms with van der Waals surface area (Å²) < 4.78 is 21.1. The number of carbonyl (C=O) groups is 3. The van der Waals surface area contributed by atoms with Crippen molar-refractivity contribution >= 4 is 18.2 Å². The van der Waals surface area contributed by atoms with Crippen molar-refractivity contribution in [2.45, 2.75) is 90.4 Å². The van der Waals surface area contributed by atoms with Crippen LogP contribution in [-0.4, -0.2) is 82.0 Å². The molecule has 2 amide bonds. The second-order valence-electron chi connectivity index (χ2n) is 8.91. The topological polar surface area (TPSA) is 132 Å². The summed E-state index contributed by atoms with van der Waals surface area (Å²) in [7, 11) is 0. The lowest BCUT2D eigenvalue weighted by atomic mass is 10.1. The average Bonchev–Trinajstić information content (AvgIpc) is 2.51. The number of hydrogen-bond acceptors (Lipinski definition) is 9. The summed E-state index contributed by atoms with van der Waals surface area (Å²) in [4.78, 5) is 38.7. The zero-order valence-electron chi connectivity index (χ0n) is 18.1. The minimum Gasteiger partial charge on any atom is -0.458 e. The predicted molar refractivity (Wildman–Crippen MR) is 101 cm³/mol. The molecular weight excluding hydrogens is 386 g/mol. The molecule has 0 aromatic rings. The van der Waals surface area contributed by atoms with Crippen LogP contribution in [0.2, 0.25) is 0 Å². The van der Waals surface area contributed by atoms with Crippen LogP contribution >= 0.6 is 0 Å². The molecule has 1 fully saturated rings. The Hall–Kier alpha value is -1.91. The van der Waals surface area contributed by atoms with Gasteiger partial charge in [0.2, 0.25) is 0 Å². The van der Waals surface area contributed by atoms with Crippen molar-refractivity contribution in [3.05, 3.63) is 0 Å². The lowest BCUT2D eigenvalue weighted by molar-refractivity contribution is -0.169. The van der Waals surface area contributed by atoms with Crippen LogP contribution in [0.15, 0.2) is 0 Å². The highest BCUT2D eigenvalue weighted by Crippen LogP contribution is 2.20. The number of ether oxygens (including phenoxy) is 4. The zero-order valence-corrected chi connectivity index (χ0v) is 18.1. The summed E-state index contributed by atoms with van der Waals surface area (Å²) in [6.07, 6.45) is -5.68. The highest BCUT2D eigenvalue weighted by Gasteiger charge is 2.43. The first-order valence-corrected chi connectivity index (χ1v) is 9.52. The second-order valence-corrected chi connectivity index (χ2v) is 8.91. The third-order valence-electron chi connectivity index (χ3n) is 3.78.